The molecule has 0 N–H and O–H groups in total. The van der Waals surface area contributed by atoms with Gasteiger partial charge in [-0.2, -0.15) is 0 Å². The molecule has 0 saturated heterocycles. The topological polar surface area (TPSA) is 38.7 Å². The van der Waals surface area contributed by atoms with E-state index in [1.54, 1.807) is 6.20 Å². The molecule has 2 rings (SSSR count). The Hall–Kier alpha value is -0.251. The zero-order valence-corrected chi connectivity index (χ0v) is 8.08. The van der Waals surface area contributed by atoms with Gasteiger partial charge in [-0.25, -0.2) is 0 Å². The first-order valence-corrected chi connectivity index (χ1v) is 4.92. The van der Waals surface area contributed by atoms with E-state index < -0.39 is 0 Å². The Kier molecular flexibility index (Phi) is 1.56. The summed E-state index contributed by atoms with van der Waals surface area (Å²) in [4.78, 5) is 4.07. The van der Waals surface area contributed by atoms with Gasteiger partial charge < -0.3 is 0 Å². The molecule has 0 aromatic carbocycles. The summed E-state index contributed by atoms with van der Waals surface area (Å²) in [5, 5.41) is 0. The molecule has 0 radical (unpaired) electrons. The predicted octanol–water partition coefficient (Wildman–Crippen LogP) is 0.844. The van der Waals surface area contributed by atoms with Crippen LogP contribution in [0.1, 0.15) is 0 Å². The van der Waals surface area contributed by atoms with Gasteiger partial charge >= 0.3 is 71.7 Å². The monoisotopic (exact) mass is 263 g/mol. The van der Waals surface area contributed by atoms with Crippen LogP contribution in [0, 0.1) is 0 Å². The van der Waals surface area contributed by atoms with Gasteiger partial charge in [-0.15, -0.1) is 0 Å². The van der Waals surface area contributed by atoms with Crippen LogP contribution in [0.3, 0.4) is 0 Å². The summed E-state index contributed by atoms with van der Waals surface area (Å²) in [6.45, 7) is 0. The molecule has 0 fully saturated rings. The Bertz CT molecular complexity index is 358. The molecular weight excluding hydrogens is 261 g/mol. The summed E-state index contributed by atoms with van der Waals surface area (Å²) >= 11 is 3.35. The van der Waals surface area contributed by atoms with Gasteiger partial charge in [0.05, 0.1) is 0 Å². The van der Waals surface area contributed by atoms with E-state index in [1.807, 2.05) is 6.07 Å². The van der Waals surface area contributed by atoms with Gasteiger partial charge in [0.2, 0.25) is 0 Å². The quantitative estimate of drug-likeness (QED) is 0.661. The normalized spacial score (nSPS) is 10.5. The van der Waals surface area contributed by atoms with Crippen LogP contribution in [0.4, 0.5) is 0 Å². The van der Waals surface area contributed by atoms with E-state index in [1.165, 1.54) is 0 Å². The fourth-order valence-corrected chi connectivity index (χ4v) is 1.99. The van der Waals surface area contributed by atoms with E-state index in [2.05, 4.69) is 28.9 Å². The molecule has 0 bridgehead atoms. The van der Waals surface area contributed by atoms with Gasteiger partial charge in [0, 0.05) is 0 Å². The molecule has 0 aliphatic rings. The van der Waals surface area contributed by atoms with Crippen LogP contribution in [0.15, 0.2) is 16.7 Å². The van der Waals surface area contributed by atoms with Crippen LogP contribution in [-0.2, 0) is 0 Å². The number of fused-ring (bicyclic) bond motifs is 1. The third-order valence-corrected chi connectivity index (χ3v) is 2.63. The molecule has 3 nitrogen and oxygen atoms in total. The molecule has 2 aromatic rings. The fourth-order valence-electron chi connectivity index (χ4n) is 0.662. The van der Waals surface area contributed by atoms with Gasteiger partial charge in [-0.3, -0.25) is 0 Å². The molecule has 0 saturated carbocycles. The van der Waals surface area contributed by atoms with E-state index in [-0.39, 0.29) is 15.0 Å². The minimum absolute atomic E-state index is 0.0378. The first-order valence-electron chi connectivity index (χ1n) is 2.60. The second-order valence-corrected chi connectivity index (χ2v) is 3.78. The van der Waals surface area contributed by atoms with Gasteiger partial charge in [-0.1, -0.05) is 0 Å². The predicted molar refractivity (Wildman–Crippen MR) is 42.0 cm³/mol. The van der Waals surface area contributed by atoms with E-state index in [0.717, 1.165) is 15.6 Å². The SMILES string of the molecule is Brc1cnc2n[se]nc2c1. The van der Waals surface area contributed by atoms with Crippen LogP contribution < -0.4 is 0 Å². The average molecular weight is 263 g/mol. The molecule has 2 aromatic heterocycles. The van der Waals surface area contributed by atoms with Crippen molar-refractivity contribution in [1.29, 1.82) is 0 Å². The molecule has 50 valence electrons. The molecule has 0 unspecified atom stereocenters. The number of halogens is 1. The summed E-state index contributed by atoms with van der Waals surface area (Å²) < 4.78 is 9.23. The molecule has 0 amide bonds. The van der Waals surface area contributed by atoms with Crippen molar-refractivity contribution in [3.63, 3.8) is 0 Å². The van der Waals surface area contributed by atoms with Crippen molar-refractivity contribution in [2.45, 2.75) is 0 Å². The zero-order chi connectivity index (χ0) is 6.97. The first kappa shape index (κ1) is 6.46. The third-order valence-electron chi connectivity index (χ3n) is 1.08. The second-order valence-electron chi connectivity index (χ2n) is 1.76. The van der Waals surface area contributed by atoms with Gasteiger partial charge in [0.15, 0.2) is 0 Å². The summed E-state index contributed by atoms with van der Waals surface area (Å²) in [7, 11) is 0. The fraction of sp³-hybridized carbons (Fsp3) is 0. The Balaban J connectivity index is 2.86. The molecule has 2 heterocycles. The number of aromatic nitrogens is 3. The molecule has 0 aliphatic heterocycles. The minimum atomic E-state index is 0.0378. The van der Waals surface area contributed by atoms with E-state index in [9.17, 15) is 0 Å². The summed E-state index contributed by atoms with van der Waals surface area (Å²) in [5.41, 5.74) is 1.69. The van der Waals surface area contributed by atoms with Crippen molar-refractivity contribution in [1.82, 2.24) is 12.9 Å². The summed E-state index contributed by atoms with van der Waals surface area (Å²) in [6, 6.07) is 1.93. The van der Waals surface area contributed by atoms with Crippen LogP contribution in [0.25, 0.3) is 11.2 Å². The van der Waals surface area contributed by atoms with Crippen molar-refractivity contribution in [3.05, 3.63) is 16.7 Å². The Morgan fingerprint density at radius 3 is 3.20 bits per heavy atom. The van der Waals surface area contributed by atoms with Crippen molar-refractivity contribution < 1.29 is 0 Å². The van der Waals surface area contributed by atoms with Crippen molar-refractivity contribution in [2.75, 3.05) is 0 Å². The number of pyridine rings is 1. The van der Waals surface area contributed by atoms with Crippen LogP contribution in [-0.4, -0.2) is 27.9 Å². The van der Waals surface area contributed by atoms with Gasteiger partial charge in [0.1, 0.15) is 0 Å². The maximum atomic E-state index is 4.16. The van der Waals surface area contributed by atoms with Crippen molar-refractivity contribution >= 4 is 42.1 Å². The number of hydrogen-bond donors (Lipinski definition) is 0. The Morgan fingerprint density at radius 1 is 1.40 bits per heavy atom. The molecule has 0 atom stereocenters. The number of rotatable bonds is 0. The van der Waals surface area contributed by atoms with E-state index in [4.69, 9.17) is 0 Å². The van der Waals surface area contributed by atoms with Crippen molar-refractivity contribution in [3.8, 4) is 0 Å². The second kappa shape index (κ2) is 2.42. The van der Waals surface area contributed by atoms with Crippen LogP contribution in [0.5, 0.6) is 0 Å². The Labute approximate surface area is 71.8 Å². The van der Waals surface area contributed by atoms with E-state index >= 15 is 0 Å². The Morgan fingerprint density at radius 2 is 2.30 bits per heavy atom. The van der Waals surface area contributed by atoms with Crippen LogP contribution in [0.2, 0.25) is 0 Å². The number of nitrogens with zero attached hydrogens (tertiary/aromatic N) is 3. The maximum absolute atomic E-state index is 4.16. The molecule has 5 heteroatoms. The molecule has 0 aliphatic carbocycles. The standard InChI is InChI=1S/C5H2BrN3Se/c6-3-1-4-5(7-2-3)9-10-8-4/h1-2H. The van der Waals surface area contributed by atoms with Crippen LogP contribution >= 0.6 is 15.9 Å². The van der Waals surface area contributed by atoms with Gasteiger partial charge in [-0.05, 0) is 0 Å². The van der Waals surface area contributed by atoms with E-state index in [0.29, 0.717) is 0 Å². The summed E-state index contributed by atoms with van der Waals surface area (Å²) in [5.74, 6) is 0. The first-order chi connectivity index (χ1) is 4.86. The number of hydrogen-bond acceptors (Lipinski definition) is 3. The zero-order valence-electron chi connectivity index (χ0n) is 4.78. The molecule has 10 heavy (non-hydrogen) atoms. The summed E-state index contributed by atoms with van der Waals surface area (Å²) in [6.07, 6.45) is 1.74. The van der Waals surface area contributed by atoms with Gasteiger partial charge in [0.25, 0.3) is 0 Å². The molecular formula is C5H2BrN3Se. The average Bonchev–Trinajstić information content (AvgIpc) is 2.33. The third kappa shape index (κ3) is 1.00. The van der Waals surface area contributed by atoms with Crippen molar-refractivity contribution in [2.24, 2.45) is 0 Å². The molecule has 0 spiro atoms.